The number of nitrogens with zero attached hydrogens (tertiary/aromatic N) is 2. The molecule has 2 heteroatoms. The minimum Gasteiger partial charge on any atom is -0.233 e. The Kier molecular flexibility index (Phi) is 10.2. The molecule has 8 rings (SSSR count). The molecule has 1 heterocycles. The molecule has 0 aliphatic heterocycles. The van der Waals surface area contributed by atoms with E-state index in [0.717, 1.165) is 60.5 Å². The number of rotatable bonds is 9. The average molecular weight is 715 g/mol. The number of allylic oxidation sites excluding steroid dienone is 12. The van der Waals surface area contributed by atoms with E-state index < -0.39 is 0 Å². The van der Waals surface area contributed by atoms with E-state index in [0.29, 0.717) is 5.92 Å². The largest absolute Gasteiger partial charge is 0.233 e. The minimum atomic E-state index is -0.0814. The van der Waals surface area contributed by atoms with Crippen molar-refractivity contribution >= 4 is 22.8 Å². The molecule has 1 atom stereocenters. The monoisotopic (exact) mass is 714 g/mol. The Hall–Kier alpha value is -5.86. The summed E-state index contributed by atoms with van der Waals surface area (Å²) in [5, 5.41) is 0. The van der Waals surface area contributed by atoms with Crippen LogP contribution in [-0.2, 0) is 5.41 Å². The summed E-state index contributed by atoms with van der Waals surface area (Å²) in [5.41, 5.74) is 18.9. The standard InChI is InChI=1S/C53H50N2/c1-6-8-17-41-22-16-25-47-51(41)46-31-30-45(34-48(46)53(47,4)5)44-24-15-23-43(33-44)37(7-2)32-36(3)49-35-50(55-52(54-49)42-20-13-10-14-21-42)40-28-26-39(27-29-40)38-18-11-9-12-19-38/h6-14,16-22,24-26,30-35,40H,1,15,23,27-29H2,2-5H3/b17-8-,36-32+,37-7+. The molecule has 0 radical (unpaired) electrons. The summed E-state index contributed by atoms with van der Waals surface area (Å²) >= 11 is 0. The van der Waals surface area contributed by atoms with Crippen LogP contribution in [0.1, 0.15) is 105 Å². The lowest BCUT2D eigenvalue weighted by atomic mass is 9.81. The van der Waals surface area contributed by atoms with Crippen molar-refractivity contribution in [2.24, 2.45) is 0 Å². The van der Waals surface area contributed by atoms with E-state index in [1.54, 1.807) is 0 Å². The second kappa shape index (κ2) is 15.5. The van der Waals surface area contributed by atoms with Crippen LogP contribution in [0.25, 0.3) is 45.3 Å². The van der Waals surface area contributed by atoms with Gasteiger partial charge in [0.25, 0.3) is 0 Å². The van der Waals surface area contributed by atoms with Gasteiger partial charge < -0.3 is 0 Å². The Balaban J connectivity index is 1.10. The van der Waals surface area contributed by atoms with Crippen LogP contribution >= 0.6 is 0 Å². The van der Waals surface area contributed by atoms with Gasteiger partial charge in [0, 0.05) is 22.6 Å². The molecule has 2 nitrogen and oxygen atoms in total. The molecule has 0 fully saturated rings. The second-order valence-electron chi connectivity index (χ2n) is 15.6. The molecule has 1 unspecified atom stereocenters. The lowest BCUT2D eigenvalue weighted by molar-refractivity contribution is 0.607. The third kappa shape index (κ3) is 7.22. The molecule has 3 aliphatic rings. The lowest BCUT2D eigenvalue weighted by Gasteiger charge is -2.23. The SMILES string of the molecule is C=C/C=C\c1cccc2c1-c1ccc(C3=CCCC(C(=C/C)/C=C(\C)c4cc(C5CC=C(c6ccccc6)CC5)nc(-c5ccccc5)n4)=C3)cc1C2(C)C. The predicted molar refractivity (Wildman–Crippen MR) is 234 cm³/mol. The highest BCUT2D eigenvalue weighted by atomic mass is 14.9. The van der Waals surface area contributed by atoms with Gasteiger partial charge in [0.15, 0.2) is 5.82 Å². The Morgan fingerprint density at radius 3 is 2.31 bits per heavy atom. The first kappa shape index (κ1) is 36.1. The zero-order valence-electron chi connectivity index (χ0n) is 32.6. The summed E-state index contributed by atoms with van der Waals surface area (Å²) in [5.74, 6) is 1.16. The van der Waals surface area contributed by atoms with Gasteiger partial charge in [-0.3, -0.25) is 0 Å². The molecule has 1 aromatic heterocycles. The van der Waals surface area contributed by atoms with Gasteiger partial charge in [0.2, 0.25) is 0 Å². The van der Waals surface area contributed by atoms with Gasteiger partial charge in [0.05, 0.1) is 5.69 Å². The van der Waals surface area contributed by atoms with Gasteiger partial charge in [-0.2, -0.15) is 0 Å². The summed E-state index contributed by atoms with van der Waals surface area (Å²) in [6.07, 6.45) is 23.0. The quantitative estimate of drug-likeness (QED) is 0.142. The summed E-state index contributed by atoms with van der Waals surface area (Å²) in [4.78, 5) is 10.4. The van der Waals surface area contributed by atoms with Gasteiger partial charge in [-0.1, -0.05) is 154 Å². The third-order valence-electron chi connectivity index (χ3n) is 11.8. The first-order chi connectivity index (χ1) is 26.8. The van der Waals surface area contributed by atoms with Crippen LogP contribution in [0.3, 0.4) is 0 Å². The molecular formula is C53H50N2. The normalized spacial score (nSPS) is 18.0. The highest BCUT2D eigenvalue weighted by Gasteiger charge is 2.36. The molecule has 4 aromatic carbocycles. The molecule has 0 saturated carbocycles. The van der Waals surface area contributed by atoms with Crippen LogP contribution in [0.15, 0.2) is 163 Å². The van der Waals surface area contributed by atoms with Crippen molar-refractivity contribution in [3.63, 3.8) is 0 Å². The highest BCUT2D eigenvalue weighted by Crippen LogP contribution is 2.51. The van der Waals surface area contributed by atoms with Crippen molar-refractivity contribution in [3.8, 4) is 22.5 Å². The van der Waals surface area contributed by atoms with Gasteiger partial charge in [-0.15, -0.1) is 0 Å². The third-order valence-corrected chi connectivity index (χ3v) is 11.8. The second-order valence-corrected chi connectivity index (χ2v) is 15.6. The summed E-state index contributed by atoms with van der Waals surface area (Å²) in [6.45, 7) is 13.0. The zero-order valence-corrected chi connectivity index (χ0v) is 32.6. The Morgan fingerprint density at radius 1 is 0.800 bits per heavy atom. The number of fused-ring (bicyclic) bond motifs is 3. The fourth-order valence-electron chi connectivity index (χ4n) is 8.72. The Bertz CT molecular complexity index is 2450. The molecule has 272 valence electrons. The van der Waals surface area contributed by atoms with Crippen LogP contribution < -0.4 is 0 Å². The zero-order chi connectivity index (χ0) is 37.9. The molecule has 0 saturated heterocycles. The molecule has 0 N–H and O–H groups in total. The first-order valence-electron chi connectivity index (χ1n) is 19.9. The van der Waals surface area contributed by atoms with Crippen LogP contribution in [0.4, 0.5) is 0 Å². The average Bonchev–Trinajstić information content (AvgIpc) is 3.48. The number of benzene rings is 4. The van der Waals surface area contributed by atoms with Crippen LogP contribution in [-0.4, -0.2) is 9.97 Å². The molecule has 55 heavy (non-hydrogen) atoms. The van der Waals surface area contributed by atoms with E-state index in [4.69, 9.17) is 9.97 Å². The van der Waals surface area contributed by atoms with E-state index in [1.165, 1.54) is 61.2 Å². The maximum absolute atomic E-state index is 5.20. The fourth-order valence-corrected chi connectivity index (χ4v) is 8.72. The van der Waals surface area contributed by atoms with E-state index in [2.05, 4.69) is 174 Å². The summed E-state index contributed by atoms with van der Waals surface area (Å²) < 4.78 is 0. The maximum atomic E-state index is 5.20. The first-order valence-corrected chi connectivity index (χ1v) is 19.9. The fraction of sp³-hybridized carbons (Fsp3) is 0.208. The molecular weight excluding hydrogens is 665 g/mol. The van der Waals surface area contributed by atoms with E-state index in [-0.39, 0.29) is 5.41 Å². The predicted octanol–water partition coefficient (Wildman–Crippen LogP) is 14.2. The number of hydrogen-bond acceptors (Lipinski definition) is 2. The lowest BCUT2D eigenvalue weighted by Crippen LogP contribution is -2.15. The molecule has 5 aromatic rings. The van der Waals surface area contributed by atoms with Gasteiger partial charge in [0.1, 0.15) is 0 Å². The highest BCUT2D eigenvalue weighted by molar-refractivity contribution is 5.89. The van der Waals surface area contributed by atoms with Crippen LogP contribution in [0.5, 0.6) is 0 Å². The summed E-state index contributed by atoms with van der Waals surface area (Å²) in [7, 11) is 0. The van der Waals surface area contributed by atoms with Crippen molar-refractivity contribution < 1.29 is 0 Å². The van der Waals surface area contributed by atoms with Crippen molar-refractivity contribution in [1.82, 2.24) is 9.97 Å². The van der Waals surface area contributed by atoms with Crippen LogP contribution in [0.2, 0.25) is 0 Å². The Morgan fingerprint density at radius 2 is 1.58 bits per heavy atom. The molecule has 0 bridgehead atoms. The van der Waals surface area contributed by atoms with Crippen molar-refractivity contribution in [3.05, 3.63) is 203 Å². The van der Waals surface area contributed by atoms with Crippen molar-refractivity contribution in [2.75, 3.05) is 0 Å². The van der Waals surface area contributed by atoms with Gasteiger partial charge in [-0.25, -0.2) is 9.97 Å². The molecule has 3 aliphatic carbocycles. The number of hydrogen-bond donors (Lipinski definition) is 0. The number of aromatic nitrogens is 2. The van der Waals surface area contributed by atoms with Gasteiger partial charge in [-0.05, 0) is 131 Å². The van der Waals surface area contributed by atoms with E-state index >= 15 is 0 Å². The minimum absolute atomic E-state index is 0.0814. The van der Waals surface area contributed by atoms with Crippen LogP contribution in [0, 0.1) is 0 Å². The van der Waals surface area contributed by atoms with E-state index in [9.17, 15) is 0 Å². The Labute approximate surface area is 327 Å². The summed E-state index contributed by atoms with van der Waals surface area (Å²) in [6, 6.07) is 37.3. The topological polar surface area (TPSA) is 25.8 Å². The maximum Gasteiger partial charge on any atom is 0.160 e. The molecule has 0 spiro atoms. The van der Waals surface area contributed by atoms with Gasteiger partial charge >= 0.3 is 0 Å². The molecule has 0 amide bonds. The van der Waals surface area contributed by atoms with Crippen molar-refractivity contribution in [1.29, 1.82) is 0 Å². The van der Waals surface area contributed by atoms with Crippen molar-refractivity contribution in [2.45, 2.75) is 71.1 Å². The smallest absolute Gasteiger partial charge is 0.160 e. The van der Waals surface area contributed by atoms with E-state index in [1.807, 2.05) is 12.2 Å².